The van der Waals surface area contributed by atoms with Crippen LogP contribution < -0.4 is 5.32 Å². The van der Waals surface area contributed by atoms with E-state index in [0.717, 1.165) is 23.9 Å². The van der Waals surface area contributed by atoms with Crippen molar-refractivity contribution < 1.29 is 9.59 Å². The van der Waals surface area contributed by atoms with Crippen LogP contribution in [0.15, 0.2) is 48.7 Å². The Kier molecular flexibility index (Phi) is 4.70. The zero-order chi connectivity index (χ0) is 19.8. The summed E-state index contributed by atoms with van der Waals surface area (Å²) < 4.78 is 0. The van der Waals surface area contributed by atoms with E-state index in [1.165, 1.54) is 6.42 Å². The largest absolute Gasteiger partial charge is 0.337 e. The number of para-hydroxylation sites is 1. The van der Waals surface area contributed by atoms with Crippen LogP contribution in [-0.2, 0) is 0 Å². The molecule has 6 heteroatoms. The standard InChI is InChI=1S/C23H26N4O2/c28-22(20-5-1-3-17-4-2-8-24-21(17)20)27(12-11-26-10-9-25-23(26)29)15-19-14-16-6-7-18(19)13-16/h1-8,16,18-19H,9-15H2,(H,25,29). The molecule has 3 atom stereocenters. The summed E-state index contributed by atoms with van der Waals surface area (Å²) in [5, 5.41) is 3.81. The summed E-state index contributed by atoms with van der Waals surface area (Å²) in [6.45, 7) is 3.23. The smallest absolute Gasteiger partial charge is 0.317 e. The lowest BCUT2D eigenvalue weighted by Crippen LogP contribution is -2.42. The van der Waals surface area contributed by atoms with Crippen molar-refractivity contribution in [2.45, 2.75) is 12.8 Å². The van der Waals surface area contributed by atoms with Crippen molar-refractivity contribution in [3.63, 3.8) is 0 Å². The number of nitrogens with zero attached hydrogens (tertiary/aromatic N) is 3. The third-order valence-corrected chi connectivity index (χ3v) is 6.61. The van der Waals surface area contributed by atoms with Crippen molar-refractivity contribution in [3.8, 4) is 0 Å². The first-order chi connectivity index (χ1) is 14.2. The fourth-order valence-electron chi connectivity index (χ4n) is 5.08. The molecule has 2 heterocycles. The zero-order valence-electron chi connectivity index (χ0n) is 16.5. The first-order valence-electron chi connectivity index (χ1n) is 10.5. The van der Waals surface area contributed by atoms with Gasteiger partial charge in [-0.15, -0.1) is 0 Å². The Morgan fingerprint density at radius 2 is 2.10 bits per heavy atom. The molecule has 29 heavy (non-hydrogen) atoms. The highest BCUT2D eigenvalue weighted by Gasteiger charge is 2.37. The van der Waals surface area contributed by atoms with Crippen molar-refractivity contribution in [1.82, 2.24) is 20.1 Å². The van der Waals surface area contributed by atoms with Gasteiger partial charge >= 0.3 is 6.03 Å². The molecule has 1 aromatic carbocycles. The number of aromatic nitrogens is 1. The van der Waals surface area contributed by atoms with Gasteiger partial charge in [-0.3, -0.25) is 9.78 Å². The Morgan fingerprint density at radius 1 is 1.21 bits per heavy atom. The van der Waals surface area contributed by atoms with Crippen molar-refractivity contribution in [2.75, 3.05) is 32.7 Å². The number of fused-ring (bicyclic) bond motifs is 3. The normalized spacial score (nSPS) is 25.0. The first-order valence-corrected chi connectivity index (χ1v) is 10.5. The second-order valence-electron chi connectivity index (χ2n) is 8.39. The molecule has 1 saturated heterocycles. The van der Waals surface area contributed by atoms with Crippen LogP contribution in [0.5, 0.6) is 0 Å². The molecular weight excluding hydrogens is 364 g/mol. The summed E-state index contributed by atoms with van der Waals surface area (Å²) in [7, 11) is 0. The molecule has 1 aromatic heterocycles. The zero-order valence-corrected chi connectivity index (χ0v) is 16.5. The average molecular weight is 390 g/mol. The van der Waals surface area contributed by atoms with Gasteiger partial charge in [0.25, 0.3) is 5.91 Å². The summed E-state index contributed by atoms with van der Waals surface area (Å²) in [6, 6.07) is 9.61. The molecule has 150 valence electrons. The van der Waals surface area contributed by atoms with Gasteiger partial charge in [-0.1, -0.05) is 30.4 Å². The lowest BCUT2D eigenvalue weighted by molar-refractivity contribution is 0.0708. The van der Waals surface area contributed by atoms with E-state index >= 15 is 0 Å². The van der Waals surface area contributed by atoms with Crippen LogP contribution in [0.1, 0.15) is 23.2 Å². The molecule has 0 spiro atoms. The molecule has 5 rings (SSSR count). The van der Waals surface area contributed by atoms with E-state index in [2.05, 4.69) is 22.5 Å². The molecule has 3 unspecified atom stereocenters. The van der Waals surface area contributed by atoms with E-state index in [4.69, 9.17) is 0 Å². The molecular formula is C23H26N4O2. The second kappa shape index (κ2) is 7.50. The highest BCUT2D eigenvalue weighted by Crippen LogP contribution is 2.43. The summed E-state index contributed by atoms with van der Waals surface area (Å²) >= 11 is 0. The van der Waals surface area contributed by atoms with Crippen LogP contribution in [0.3, 0.4) is 0 Å². The fourth-order valence-corrected chi connectivity index (χ4v) is 5.08. The molecule has 2 fully saturated rings. The van der Waals surface area contributed by atoms with Crippen LogP contribution in [-0.4, -0.2) is 59.4 Å². The van der Waals surface area contributed by atoms with Crippen LogP contribution in [0.25, 0.3) is 10.9 Å². The Balaban J connectivity index is 1.39. The predicted octanol–water partition coefficient (Wildman–Crippen LogP) is 2.91. The molecule has 0 radical (unpaired) electrons. The third kappa shape index (κ3) is 3.48. The van der Waals surface area contributed by atoms with Crippen LogP contribution >= 0.6 is 0 Å². The molecule has 1 aliphatic heterocycles. The Hall–Kier alpha value is -2.89. The number of urea groups is 1. The number of benzene rings is 1. The Morgan fingerprint density at radius 3 is 2.86 bits per heavy atom. The van der Waals surface area contributed by atoms with Crippen molar-refractivity contribution in [3.05, 3.63) is 54.2 Å². The number of hydrogen-bond acceptors (Lipinski definition) is 3. The number of hydrogen-bond donors (Lipinski definition) is 1. The Bertz CT molecular complexity index is 967. The number of carbonyl (C=O) groups is 2. The van der Waals surface area contributed by atoms with Gasteiger partial charge in [0.05, 0.1) is 11.1 Å². The lowest BCUT2D eigenvalue weighted by Gasteiger charge is -2.30. The minimum Gasteiger partial charge on any atom is -0.337 e. The summed E-state index contributed by atoms with van der Waals surface area (Å²) in [6.07, 6.45) is 8.77. The molecule has 6 nitrogen and oxygen atoms in total. The predicted molar refractivity (Wildman–Crippen MR) is 111 cm³/mol. The first kappa shape index (κ1) is 18.2. The van der Waals surface area contributed by atoms with Gasteiger partial charge in [-0.25, -0.2) is 4.79 Å². The molecule has 1 saturated carbocycles. The maximum absolute atomic E-state index is 13.6. The van der Waals surface area contributed by atoms with Crippen LogP contribution in [0.4, 0.5) is 4.79 Å². The minimum atomic E-state index is -0.0351. The highest BCUT2D eigenvalue weighted by atomic mass is 16.2. The van der Waals surface area contributed by atoms with E-state index in [1.54, 1.807) is 11.1 Å². The quantitative estimate of drug-likeness (QED) is 0.772. The van der Waals surface area contributed by atoms with Gasteiger partial charge < -0.3 is 15.1 Å². The Labute approximate surface area is 170 Å². The van der Waals surface area contributed by atoms with E-state index in [0.29, 0.717) is 49.5 Å². The molecule has 2 aromatic rings. The summed E-state index contributed by atoms with van der Waals surface area (Å²) in [4.78, 5) is 33.7. The summed E-state index contributed by atoms with van der Waals surface area (Å²) in [5.74, 6) is 1.77. The van der Waals surface area contributed by atoms with Crippen molar-refractivity contribution >= 4 is 22.8 Å². The van der Waals surface area contributed by atoms with Gasteiger partial charge in [0.2, 0.25) is 0 Å². The number of pyridine rings is 1. The minimum absolute atomic E-state index is 0.0145. The monoisotopic (exact) mass is 390 g/mol. The van der Waals surface area contributed by atoms with Crippen LogP contribution in [0, 0.1) is 17.8 Å². The van der Waals surface area contributed by atoms with E-state index < -0.39 is 0 Å². The van der Waals surface area contributed by atoms with Crippen molar-refractivity contribution in [2.24, 2.45) is 17.8 Å². The van der Waals surface area contributed by atoms with Gasteiger partial charge in [0.1, 0.15) is 0 Å². The second-order valence-corrected chi connectivity index (χ2v) is 8.39. The number of rotatable bonds is 6. The maximum Gasteiger partial charge on any atom is 0.317 e. The SMILES string of the molecule is O=C1NCCN1CCN(CC1CC2C=CC1C2)C(=O)c1cccc2cccnc12. The van der Waals surface area contributed by atoms with Crippen LogP contribution in [0.2, 0.25) is 0 Å². The fraction of sp³-hybridized carbons (Fsp3) is 0.435. The average Bonchev–Trinajstić information content (AvgIpc) is 3.47. The lowest BCUT2D eigenvalue weighted by atomic mass is 9.92. The van der Waals surface area contributed by atoms with E-state index in [-0.39, 0.29) is 11.9 Å². The van der Waals surface area contributed by atoms with Gasteiger partial charge in [0.15, 0.2) is 0 Å². The number of amides is 3. The molecule has 2 bridgehead atoms. The molecule has 1 N–H and O–H groups in total. The summed E-state index contributed by atoms with van der Waals surface area (Å²) in [5.41, 5.74) is 1.39. The molecule has 2 aliphatic carbocycles. The van der Waals surface area contributed by atoms with Gasteiger partial charge in [-0.05, 0) is 42.7 Å². The number of allylic oxidation sites excluding steroid dienone is 2. The van der Waals surface area contributed by atoms with Crippen molar-refractivity contribution in [1.29, 1.82) is 0 Å². The highest BCUT2D eigenvalue weighted by molar-refractivity contribution is 6.05. The molecule has 3 aliphatic rings. The van der Waals surface area contributed by atoms with Gasteiger partial charge in [-0.2, -0.15) is 0 Å². The topological polar surface area (TPSA) is 65.5 Å². The third-order valence-electron chi connectivity index (χ3n) is 6.61. The maximum atomic E-state index is 13.6. The van der Waals surface area contributed by atoms with E-state index in [9.17, 15) is 9.59 Å². The number of nitrogens with one attached hydrogen (secondary N) is 1. The van der Waals surface area contributed by atoms with E-state index in [1.807, 2.05) is 35.2 Å². The molecule has 3 amide bonds. The van der Waals surface area contributed by atoms with Gasteiger partial charge in [0, 0.05) is 44.3 Å². The number of carbonyl (C=O) groups excluding carboxylic acids is 2.